The molecule has 17 heavy (non-hydrogen) atoms. The van der Waals surface area contributed by atoms with Crippen LogP contribution in [-0.2, 0) is 6.42 Å². The third kappa shape index (κ3) is 2.18. The Hall–Kier alpha value is -1.04. The van der Waals surface area contributed by atoms with Gasteiger partial charge < -0.3 is 0 Å². The van der Waals surface area contributed by atoms with E-state index in [0.29, 0.717) is 11.6 Å². The molecule has 0 aliphatic rings. The summed E-state index contributed by atoms with van der Waals surface area (Å²) in [6, 6.07) is 1.94. The number of thiazole rings is 1. The lowest BCUT2D eigenvalue weighted by Gasteiger charge is -1.99. The summed E-state index contributed by atoms with van der Waals surface area (Å²) in [6.07, 6.45) is 0.637. The van der Waals surface area contributed by atoms with Crippen LogP contribution in [0.2, 0.25) is 5.15 Å². The van der Waals surface area contributed by atoms with Gasteiger partial charge >= 0.3 is 0 Å². The number of fused-ring (bicyclic) bond motifs is 1. The van der Waals surface area contributed by atoms with Crippen LogP contribution < -0.4 is 0 Å². The molecule has 0 radical (unpaired) electrons. The summed E-state index contributed by atoms with van der Waals surface area (Å²) in [5, 5.41) is 6.52. The van der Waals surface area contributed by atoms with E-state index in [1.54, 1.807) is 22.7 Å². The van der Waals surface area contributed by atoms with Crippen LogP contribution in [0.3, 0.4) is 0 Å². The SMILES string of the molecule is Cc1nc(Cc2nc(Cl)c3ccsc3n2)cs1. The van der Waals surface area contributed by atoms with Crippen LogP contribution in [-0.4, -0.2) is 15.0 Å². The molecule has 3 aromatic heterocycles. The molecule has 3 heterocycles. The highest BCUT2D eigenvalue weighted by atomic mass is 35.5. The van der Waals surface area contributed by atoms with Crippen LogP contribution in [0.1, 0.15) is 16.5 Å². The van der Waals surface area contributed by atoms with E-state index in [-0.39, 0.29) is 0 Å². The molecule has 0 bridgehead atoms. The molecule has 3 rings (SSSR count). The summed E-state index contributed by atoms with van der Waals surface area (Å²) in [4.78, 5) is 14.1. The smallest absolute Gasteiger partial charge is 0.141 e. The van der Waals surface area contributed by atoms with E-state index in [2.05, 4.69) is 15.0 Å². The second kappa shape index (κ2) is 4.33. The van der Waals surface area contributed by atoms with Gasteiger partial charge in [-0.2, -0.15) is 0 Å². The van der Waals surface area contributed by atoms with Crippen molar-refractivity contribution in [2.75, 3.05) is 0 Å². The molecule has 0 atom stereocenters. The zero-order chi connectivity index (χ0) is 11.8. The number of halogens is 1. The molecule has 0 aromatic carbocycles. The van der Waals surface area contributed by atoms with Gasteiger partial charge in [-0.15, -0.1) is 22.7 Å². The van der Waals surface area contributed by atoms with E-state index >= 15 is 0 Å². The highest BCUT2D eigenvalue weighted by Gasteiger charge is 2.08. The van der Waals surface area contributed by atoms with Gasteiger partial charge in [-0.1, -0.05) is 11.6 Å². The van der Waals surface area contributed by atoms with E-state index in [1.807, 2.05) is 23.8 Å². The maximum atomic E-state index is 6.11. The number of rotatable bonds is 2. The number of hydrogen-bond acceptors (Lipinski definition) is 5. The van der Waals surface area contributed by atoms with Crippen LogP contribution in [0.15, 0.2) is 16.8 Å². The summed E-state index contributed by atoms with van der Waals surface area (Å²) < 4.78 is 0. The Bertz CT molecular complexity index is 674. The average molecular weight is 282 g/mol. The topological polar surface area (TPSA) is 38.7 Å². The first-order valence-electron chi connectivity index (χ1n) is 5.03. The average Bonchev–Trinajstić information content (AvgIpc) is 2.87. The largest absolute Gasteiger partial charge is 0.246 e. The summed E-state index contributed by atoms with van der Waals surface area (Å²) in [5.74, 6) is 0.732. The van der Waals surface area contributed by atoms with Gasteiger partial charge in [-0.25, -0.2) is 15.0 Å². The van der Waals surface area contributed by atoms with Gasteiger partial charge in [0.1, 0.15) is 15.8 Å². The molecule has 6 heteroatoms. The molecule has 0 aliphatic heterocycles. The minimum absolute atomic E-state index is 0.526. The third-order valence-corrected chi connectivity index (χ3v) is 4.25. The molecule has 0 spiro atoms. The molecule has 0 N–H and O–H groups in total. The van der Waals surface area contributed by atoms with E-state index in [4.69, 9.17) is 11.6 Å². The lowest BCUT2D eigenvalue weighted by molar-refractivity contribution is 0.962. The Morgan fingerprint density at radius 3 is 2.88 bits per heavy atom. The predicted octanol–water partition coefficient (Wildman–Crippen LogP) is 3.70. The fourth-order valence-corrected chi connectivity index (χ4v) is 3.29. The van der Waals surface area contributed by atoms with Crippen molar-refractivity contribution < 1.29 is 0 Å². The first-order chi connectivity index (χ1) is 8.22. The van der Waals surface area contributed by atoms with Gasteiger partial charge in [-0.05, 0) is 18.4 Å². The second-order valence-electron chi connectivity index (χ2n) is 3.60. The molecule has 3 aromatic rings. The Kier molecular flexibility index (Phi) is 2.82. The van der Waals surface area contributed by atoms with Crippen LogP contribution >= 0.6 is 34.3 Å². The zero-order valence-corrected chi connectivity index (χ0v) is 11.4. The molecule has 0 amide bonds. The van der Waals surface area contributed by atoms with Crippen molar-refractivity contribution in [3.63, 3.8) is 0 Å². The molecular weight excluding hydrogens is 274 g/mol. The monoisotopic (exact) mass is 281 g/mol. The fourth-order valence-electron chi connectivity index (χ4n) is 1.59. The minimum atomic E-state index is 0.526. The lowest BCUT2D eigenvalue weighted by atomic mass is 10.3. The van der Waals surface area contributed by atoms with Crippen LogP contribution in [0.5, 0.6) is 0 Å². The summed E-state index contributed by atoms with van der Waals surface area (Å²) in [7, 11) is 0. The van der Waals surface area contributed by atoms with Crippen LogP contribution in [0, 0.1) is 6.92 Å². The number of aromatic nitrogens is 3. The van der Waals surface area contributed by atoms with Crippen molar-refractivity contribution in [3.05, 3.63) is 38.5 Å². The lowest BCUT2D eigenvalue weighted by Crippen LogP contribution is -1.97. The quantitative estimate of drug-likeness (QED) is 0.672. The standard InChI is InChI=1S/C11H8ClN3S2/c1-6-13-7(5-17-6)4-9-14-10(12)8-2-3-16-11(8)15-9/h2-3,5H,4H2,1H3. The molecule has 0 saturated heterocycles. The maximum absolute atomic E-state index is 6.11. The van der Waals surface area contributed by atoms with Gasteiger partial charge in [0.2, 0.25) is 0 Å². The van der Waals surface area contributed by atoms with Gasteiger partial charge in [0, 0.05) is 10.8 Å². The maximum Gasteiger partial charge on any atom is 0.141 e. The van der Waals surface area contributed by atoms with Crippen LogP contribution in [0.4, 0.5) is 0 Å². The fraction of sp³-hybridized carbons (Fsp3) is 0.182. The summed E-state index contributed by atoms with van der Waals surface area (Å²) in [6.45, 7) is 1.99. The first kappa shape index (κ1) is 11.1. The second-order valence-corrected chi connectivity index (χ2v) is 5.92. The van der Waals surface area contributed by atoms with Gasteiger partial charge in [-0.3, -0.25) is 0 Å². The minimum Gasteiger partial charge on any atom is -0.246 e. The van der Waals surface area contributed by atoms with Crippen molar-refractivity contribution in [2.45, 2.75) is 13.3 Å². The Balaban J connectivity index is 2.00. The molecule has 0 saturated carbocycles. The summed E-state index contributed by atoms with van der Waals surface area (Å²) >= 11 is 9.33. The number of hydrogen-bond donors (Lipinski definition) is 0. The van der Waals surface area contributed by atoms with Crippen molar-refractivity contribution in [2.24, 2.45) is 0 Å². The normalized spacial score (nSPS) is 11.2. The number of thiophene rings is 1. The number of aryl methyl sites for hydroxylation is 1. The van der Waals surface area contributed by atoms with E-state index in [9.17, 15) is 0 Å². The summed E-state index contributed by atoms with van der Waals surface area (Å²) in [5.41, 5.74) is 1.000. The first-order valence-corrected chi connectivity index (χ1v) is 7.17. The molecule has 86 valence electrons. The highest BCUT2D eigenvalue weighted by molar-refractivity contribution is 7.16. The molecule has 3 nitrogen and oxygen atoms in total. The Morgan fingerprint density at radius 2 is 2.12 bits per heavy atom. The van der Waals surface area contributed by atoms with Crippen molar-refractivity contribution in [1.29, 1.82) is 0 Å². The predicted molar refractivity (Wildman–Crippen MR) is 72.1 cm³/mol. The third-order valence-electron chi connectivity index (χ3n) is 2.33. The molecule has 0 unspecified atom stereocenters. The molecule has 0 fully saturated rings. The van der Waals surface area contributed by atoms with Crippen LogP contribution in [0.25, 0.3) is 10.2 Å². The van der Waals surface area contributed by atoms with E-state index in [1.165, 1.54) is 0 Å². The van der Waals surface area contributed by atoms with Gasteiger partial charge in [0.25, 0.3) is 0 Å². The van der Waals surface area contributed by atoms with Gasteiger partial charge in [0.15, 0.2) is 0 Å². The van der Waals surface area contributed by atoms with Gasteiger partial charge in [0.05, 0.1) is 17.1 Å². The van der Waals surface area contributed by atoms with E-state index < -0.39 is 0 Å². The Labute approximate surface area is 111 Å². The highest BCUT2D eigenvalue weighted by Crippen LogP contribution is 2.25. The number of nitrogens with zero attached hydrogens (tertiary/aromatic N) is 3. The Morgan fingerprint density at radius 1 is 1.24 bits per heavy atom. The van der Waals surface area contributed by atoms with Crippen molar-refractivity contribution in [1.82, 2.24) is 15.0 Å². The molecular formula is C11H8ClN3S2. The van der Waals surface area contributed by atoms with E-state index in [0.717, 1.165) is 26.7 Å². The zero-order valence-electron chi connectivity index (χ0n) is 8.98. The van der Waals surface area contributed by atoms with Crippen molar-refractivity contribution in [3.8, 4) is 0 Å². The molecule has 0 aliphatic carbocycles. The van der Waals surface area contributed by atoms with Crippen molar-refractivity contribution >= 4 is 44.5 Å².